The van der Waals surface area contributed by atoms with E-state index >= 15 is 0 Å². The van der Waals surface area contributed by atoms with Crippen molar-refractivity contribution in [2.75, 3.05) is 6.54 Å². The second-order valence-corrected chi connectivity index (χ2v) is 4.69. The predicted molar refractivity (Wildman–Crippen MR) is 73.0 cm³/mol. The highest BCUT2D eigenvalue weighted by atomic mass is 19.1. The Bertz CT molecular complexity index is 590. The SMILES string of the molecule is CCNC(c1cc(F)cc(F)c1)c1cc(F)ccc1C. The first-order valence-corrected chi connectivity index (χ1v) is 6.46. The molecule has 2 aromatic rings. The van der Waals surface area contributed by atoms with Gasteiger partial charge in [-0.05, 0) is 54.4 Å². The number of benzene rings is 2. The second kappa shape index (κ2) is 6.09. The van der Waals surface area contributed by atoms with Gasteiger partial charge in [-0.15, -0.1) is 0 Å². The highest BCUT2D eigenvalue weighted by Gasteiger charge is 2.17. The third-order valence-corrected chi connectivity index (χ3v) is 3.18. The van der Waals surface area contributed by atoms with Crippen LogP contribution in [0.25, 0.3) is 0 Å². The molecule has 0 amide bonds. The minimum Gasteiger partial charge on any atom is -0.307 e. The van der Waals surface area contributed by atoms with Gasteiger partial charge in [-0.2, -0.15) is 0 Å². The van der Waals surface area contributed by atoms with Crippen LogP contribution in [0.15, 0.2) is 36.4 Å². The van der Waals surface area contributed by atoms with Crippen LogP contribution in [0.2, 0.25) is 0 Å². The Morgan fingerprint density at radius 1 is 0.950 bits per heavy atom. The molecule has 0 saturated carbocycles. The molecule has 20 heavy (non-hydrogen) atoms. The van der Waals surface area contributed by atoms with Gasteiger partial charge in [0, 0.05) is 6.07 Å². The maximum Gasteiger partial charge on any atom is 0.126 e. The summed E-state index contributed by atoms with van der Waals surface area (Å²) in [4.78, 5) is 0. The van der Waals surface area contributed by atoms with E-state index in [9.17, 15) is 13.2 Å². The molecule has 1 atom stereocenters. The highest BCUT2D eigenvalue weighted by Crippen LogP contribution is 2.26. The number of hydrogen-bond acceptors (Lipinski definition) is 1. The molecule has 4 heteroatoms. The predicted octanol–water partition coefficient (Wildman–Crippen LogP) is 4.11. The van der Waals surface area contributed by atoms with Gasteiger partial charge in [0.2, 0.25) is 0 Å². The summed E-state index contributed by atoms with van der Waals surface area (Å²) in [5.41, 5.74) is 1.98. The molecule has 0 radical (unpaired) electrons. The first kappa shape index (κ1) is 14.6. The van der Waals surface area contributed by atoms with Gasteiger partial charge in [-0.1, -0.05) is 13.0 Å². The van der Waals surface area contributed by atoms with Crippen molar-refractivity contribution in [1.82, 2.24) is 5.32 Å². The van der Waals surface area contributed by atoms with E-state index in [4.69, 9.17) is 0 Å². The molecule has 0 aromatic heterocycles. The van der Waals surface area contributed by atoms with Crippen LogP contribution in [0.3, 0.4) is 0 Å². The van der Waals surface area contributed by atoms with Gasteiger partial charge in [0.15, 0.2) is 0 Å². The molecule has 2 rings (SSSR count). The summed E-state index contributed by atoms with van der Waals surface area (Å²) in [6.07, 6.45) is 0. The monoisotopic (exact) mass is 279 g/mol. The Morgan fingerprint density at radius 3 is 2.20 bits per heavy atom. The summed E-state index contributed by atoms with van der Waals surface area (Å²) in [5, 5.41) is 3.14. The fourth-order valence-electron chi connectivity index (χ4n) is 2.28. The van der Waals surface area contributed by atoms with Crippen molar-refractivity contribution in [3.63, 3.8) is 0 Å². The van der Waals surface area contributed by atoms with Crippen LogP contribution in [-0.4, -0.2) is 6.54 Å². The zero-order chi connectivity index (χ0) is 14.7. The van der Waals surface area contributed by atoms with E-state index in [0.29, 0.717) is 17.7 Å². The van der Waals surface area contributed by atoms with E-state index in [2.05, 4.69) is 5.32 Å². The molecule has 1 N–H and O–H groups in total. The van der Waals surface area contributed by atoms with Crippen molar-refractivity contribution in [2.45, 2.75) is 19.9 Å². The lowest BCUT2D eigenvalue weighted by molar-refractivity contribution is 0.562. The smallest absolute Gasteiger partial charge is 0.126 e. The molecule has 0 fully saturated rings. The fraction of sp³-hybridized carbons (Fsp3) is 0.250. The van der Waals surface area contributed by atoms with Crippen molar-refractivity contribution in [2.24, 2.45) is 0 Å². The van der Waals surface area contributed by atoms with Gasteiger partial charge in [0.05, 0.1) is 6.04 Å². The molecular formula is C16H16F3N. The van der Waals surface area contributed by atoms with Gasteiger partial charge >= 0.3 is 0 Å². The van der Waals surface area contributed by atoms with Crippen LogP contribution < -0.4 is 5.32 Å². The molecule has 1 nitrogen and oxygen atoms in total. The quantitative estimate of drug-likeness (QED) is 0.888. The van der Waals surface area contributed by atoms with E-state index in [1.165, 1.54) is 24.3 Å². The largest absolute Gasteiger partial charge is 0.307 e. The van der Waals surface area contributed by atoms with Crippen LogP contribution in [-0.2, 0) is 0 Å². The van der Waals surface area contributed by atoms with Gasteiger partial charge in [-0.3, -0.25) is 0 Å². The first-order valence-electron chi connectivity index (χ1n) is 6.46. The third kappa shape index (κ3) is 3.20. The minimum absolute atomic E-state index is 0.370. The first-order chi connectivity index (χ1) is 9.51. The Labute approximate surface area is 116 Å². The lowest BCUT2D eigenvalue weighted by Crippen LogP contribution is -2.23. The number of aryl methyl sites for hydroxylation is 1. The highest BCUT2D eigenvalue weighted by molar-refractivity contribution is 5.37. The van der Waals surface area contributed by atoms with E-state index < -0.39 is 17.7 Å². The molecule has 0 saturated heterocycles. The second-order valence-electron chi connectivity index (χ2n) is 4.69. The molecule has 0 aliphatic heterocycles. The average Bonchev–Trinajstić information content (AvgIpc) is 2.38. The van der Waals surface area contributed by atoms with E-state index in [-0.39, 0.29) is 5.82 Å². The van der Waals surface area contributed by atoms with Gasteiger partial charge in [0.25, 0.3) is 0 Å². The fourth-order valence-corrected chi connectivity index (χ4v) is 2.28. The summed E-state index contributed by atoms with van der Waals surface area (Å²) < 4.78 is 40.2. The Morgan fingerprint density at radius 2 is 1.60 bits per heavy atom. The molecule has 0 aliphatic carbocycles. The molecule has 0 spiro atoms. The summed E-state index contributed by atoms with van der Waals surface area (Å²) in [5.74, 6) is -1.65. The molecule has 1 unspecified atom stereocenters. The molecule has 0 heterocycles. The van der Waals surface area contributed by atoms with Gasteiger partial charge in [0.1, 0.15) is 17.5 Å². The van der Waals surface area contributed by atoms with Crippen LogP contribution in [0.1, 0.15) is 29.7 Å². The summed E-state index contributed by atoms with van der Waals surface area (Å²) >= 11 is 0. The van der Waals surface area contributed by atoms with Crippen molar-refractivity contribution >= 4 is 0 Å². The lowest BCUT2D eigenvalue weighted by Gasteiger charge is -2.21. The standard InChI is InChI=1S/C16H16F3N/c1-3-20-16(11-6-13(18)8-14(19)7-11)15-9-12(17)5-4-10(15)2/h4-9,16,20H,3H2,1-2H3. The van der Waals surface area contributed by atoms with Crippen molar-refractivity contribution in [3.05, 3.63) is 70.5 Å². The van der Waals surface area contributed by atoms with Crippen LogP contribution >= 0.6 is 0 Å². The summed E-state index contributed by atoms with van der Waals surface area (Å²) in [7, 11) is 0. The summed E-state index contributed by atoms with van der Waals surface area (Å²) in [6.45, 7) is 4.32. The van der Waals surface area contributed by atoms with E-state index in [0.717, 1.165) is 11.6 Å². The zero-order valence-electron chi connectivity index (χ0n) is 11.4. The maximum absolute atomic E-state index is 13.4. The zero-order valence-corrected chi connectivity index (χ0v) is 11.4. The Balaban J connectivity index is 2.52. The minimum atomic E-state index is -0.642. The van der Waals surface area contributed by atoms with Crippen LogP contribution in [0.5, 0.6) is 0 Å². The molecule has 2 aromatic carbocycles. The van der Waals surface area contributed by atoms with Crippen LogP contribution in [0, 0.1) is 24.4 Å². The van der Waals surface area contributed by atoms with Crippen molar-refractivity contribution in [3.8, 4) is 0 Å². The van der Waals surface area contributed by atoms with Crippen molar-refractivity contribution in [1.29, 1.82) is 0 Å². The molecule has 0 aliphatic rings. The Kier molecular flexibility index (Phi) is 4.45. The normalized spacial score (nSPS) is 12.4. The molecule has 0 bridgehead atoms. The maximum atomic E-state index is 13.4. The third-order valence-electron chi connectivity index (χ3n) is 3.18. The Hall–Kier alpha value is -1.81. The average molecular weight is 279 g/mol. The molecule has 106 valence electrons. The summed E-state index contributed by atoms with van der Waals surface area (Å²) in [6, 6.07) is 7.33. The number of hydrogen-bond donors (Lipinski definition) is 1. The lowest BCUT2D eigenvalue weighted by atomic mass is 9.94. The topological polar surface area (TPSA) is 12.0 Å². The number of rotatable bonds is 4. The van der Waals surface area contributed by atoms with Crippen molar-refractivity contribution < 1.29 is 13.2 Å². The molecular weight excluding hydrogens is 263 g/mol. The van der Waals surface area contributed by atoms with Crippen LogP contribution in [0.4, 0.5) is 13.2 Å². The van der Waals surface area contributed by atoms with Gasteiger partial charge in [-0.25, -0.2) is 13.2 Å². The number of halogens is 3. The van der Waals surface area contributed by atoms with Gasteiger partial charge < -0.3 is 5.32 Å². The van der Waals surface area contributed by atoms with E-state index in [1.807, 2.05) is 13.8 Å². The van der Waals surface area contributed by atoms with E-state index in [1.54, 1.807) is 6.07 Å². The number of nitrogens with one attached hydrogen (secondary N) is 1.